The van der Waals surface area contributed by atoms with Crippen molar-refractivity contribution >= 4 is 45.8 Å². The van der Waals surface area contributed by atoms with Gasteiger partial charge in [-0.3, -0.25) is 18.2 Å². The van der Waals surface area contributed by atoms with E-state index in [9.17, 15) is 19.0 Å². The smallest absolute Gasteiger partial charge is 0.236 e. The van der Waals surface area contributed by atoms with E-state index in [1.54, 1.807) is 18.2 Å². The summed E-state index contributed by atoms with van der Waals surface area (Å²) in [5, 5.41) is 14.7. The molecule has 2 atom stereocenters. The number of anilines is 1. The summed E-state index contributed by atoms with van der Waals surface area (Å²) in [4.78, 5) is 12.9. The molecule has 4 saturated carbocycles. The molecule has 1 aromatic carbocycles. The summed E-state index contributed by atoms with van der Waals surface area (Å²) in [6.07, 6.45) is 5.23. The summed E-state index contributed by atoms with van der Waals surface area (Å²) in [5.74, 6) is 1.01. The Bertz CT molecular complexity index is 872. The molecule has 0 spiro atoms. The summed E-state index contributed by atoms with van der Waals surface area (Å²) >= 11 is 12.1. The number of benzene rings is 1. The van der Waals surface area contributed by atoms with Crippen molar-refractivity contribution in [1.82, 2.24) is 9.62 Å². The standard InChI is InChI=1S/C21H29Cl2N3O4S/c22-17-3-2-16(8-18(17)23)26-5-1-4-25(31(26,29)30)12-19(27)24-20-14-6-13-7-15(20)11-21(28,9-13)10-14/h2-3,8,13-15,20,28-30H,1,4-7,9-12H2,(H,24,27). The Morgan fingerprint density at radius 3 is 2.48 bits per heavy atom. The normalized spacial score (nSPS) is 37.6. The maximum atomic E-state index is 12.9. The molecule has 31 heavy (non-hydrogen) atoms. The lowest BCUT2D eigenvalue weighted by molar-refractivity contribution is -0.146. The molecule has 0 radical (unpaired) electrons. The molecule has 172 valence electrons. The van der Waals surface area contributed by atoms with Gasteiger partial charge in [-0.2, -0.15) is 4.31 Å². The second-order valence-corrected chi connectivity index (χ2v) is 12.4. The second-order valence-electron chi connectivity index (χ2n) is 9.70. The van der Waals surface area contributed by atoms with Gasteiger partial charge in [0.2, 0.25) is 5.91 Å². The molecule has 5 fully saturated rings. The van der Waals surface area contributed by atoms with Gasteiger partial charge in [-0.25, -0.2) is 0 Å². The number of carbonyl (C=O) groups is 1. The number of rotatable bonds is 4. The van der Waals surface area contributed by atoms with E-state index in [1.165, 1.54) is 8.61 Å². The summed E-state index contributed by atoms with van der Waals surface area (Å²) in [5.41, 5.74) is 0.0225. The fourth-order valence-corrected chi connectivity index (χ4v) is 8.47. The molecule has 1 aliphatic heterocycles. The van der Waals surface area contributed by atoms with Crippen LogP contribution in [0, 0.1) is 17.8 Å². The molecule has 1 heterocycles. The zero-order chi connectivity index (χ0) is 22.0. The molecule has 5 aliphatic rings. The Morgan fingerprint density at radius 2 is 1.84 bits per heavy atom. The SMILES string of the molecule is O=C(CN1CCCN(c2ccc(Cl)c(Cl)c2)S1(O)O)NC1C2CC3CC1CC(O)(C3)C2. The first kappa shape index (κ1) is 22.1. The van der Waals surface area contributed by atoms with E-state index in [0.717, 1.165) is 32.1 Å². The minimum absolute atomic E-state index is 0.0714. The van der Waals surface area contributed by atoms with Gasteiger partial charge >= 0.3 is 0 Å². The molecular weight excluding hydrogens is 461 g/mol. The molecular formula is C21H29Cl2N3O4S. The van der Waals surface area contributed by atoms with Crippen molar-refractivity contribution in [1.29, 1.82) is 0 Å². The molecule has 0 aromatic heterocycles. The minimum Gasteiger partial charge on any atom is -0.390 e. The topological polar surface area (TPSA) is 96.3 Å². The van der Waals surface area contributed by atoms with E-state index < -0.39 is 16.6 Å². The zero-order valence-corrected chi connectivity index (χ0v) is 19.5. The van der Waals surface area contributed by atoms with E-state index in [0.29, 0.717) is 53.0 Å². The molecule has 4 N–H and O–H groups in total. The summed E-state index contributed by atoms with van der Waals surface area (Å²) < 4.78 is 25.0. The van der Waals surface area contributed by atoms with Crippen LogP contribution in [-0.2, 0) is 4.79 Å². The van der Waals surface area contributed by atoms with Gasteiger partial charge < -0.3 is 10.4 Å². The molecule has 1 amide bonds. The van der Waals surface area contributed by atoms with Gasteiger partial charge in [0.25, 0.3) is 0 Å². The average molecular weight is 490 g/mol. The third-order valence-corrected chi connectivity index (χ3v) is 10.2. The first-order valence-electron chi connectivity index (χ1n) is 10.9. The first-order chi connectivity index (χ1) is 14.6. The van der Waals surface area contributed by atoms with E-state index in [4.69, 9.17) is 23.2 Å². The lowest BCUT2D eigenvalue weighted by Gasteiger charge is -2.58. The van der Waals surface area contributed by atoms with Crippen LogP contribution in [0.15, 0.2) is 18.2 Å². The van der Waals surface area contributed by atoms with E-state index in [-0.39, 0.29) is 18.5 Å². The van der Waals surface area contributed by atoms with Crippen LogP contribution in [0.2, 0.25) is 10.0 Å². The molecule has 4 bridgehead atoms. The number of carbonyl (C=O) groups excluding carboxylic acids is 1. The maximum absolute atomic E-state index is 12.9. The second kappa shape index (κ2) is 7.94. The van der Waals surface area contributed by atoms with Crippen molar-refractivity contribution in [3.8, 4) is 0 Å². The Kier molecular flexibility index (Phi) is 5.65. The lowest BCUT2D eigenvalue weighted by atomic mass is 9.52. The fourth-order valence-electron chi connectivity index (χ4n) is 6.46. The number of aliphatic hydroxyl groups is 1. The highest BCUT2D eigenvalue weighted by atomic mass is 35.5. The van der Waals surface area contributed by atoms with Crippen LogP contribution in [-0.4, -0.2) is 55.7 Å². The monoisotopic (exact) mass is 489 g/mol. The molecule has 10 heteroatoms. The molecule has 1 saturated heterocycles. The van der Waals surface area contributed by atoms with Crippen molar-refractivity contribution in [2.24, 2.45) is 17.8 Å². The van der Waals surface area contributed by atoms with Crippen LogP contribution >= 0.6 is 34.2 Å². The number of amides is 1. The van der Waals surface area contributed by atoms with Gasteiger partial charge in [0, 0.05) is 19.1 Å². The first-order valence-corrected chi connectivity index (χ1v) is 13.1. The predicted molar refractivity (Wildman–Crippen MR) is 123 cm³/mol. The van der Waals surface area contributed by atoms with Gasteiger partial charge in [0.1, 0.15) is 0 Å². The number of hydrogen-bond acceptors (Lipinski definition) is 6. The third kappa shape index (κ3) is 4.05. The molecule has 2 unspecified atom stereocenters. The van der Waals surface area contributed by atoms with Crippen molar-refractivity contribution in [2.45, 2.75) is 50.2 Å². The maximum Gasteiger partial charge on any atom is 0.236 e. The van der Waals surface area contributed by atoms with Crippen molar-refractivity contribution in [3.05, 3.63) is 28.2 Å². The van der Waals surface area contributed by atoms with Crippen LogP contribution in [0.4, 0.5) is 5.69 Å². The minimum atomic E-state index is -3.35. The number of nitrogens with one attached hydrogen (secondary N) is 1. The molecule has 6 rings (SSSR count). The highest BCUT2D eigenvalue weighted by molar-refractivity contribution is 8.23. The number of nitrogens with zero attached hydrogens (tertiary/aromatic N) is 2. The van der Waals surface area contributed by atoms with Gasteiger partial charge in [-0.05, 0) is 74.5 Å². The number of halogens is 2. The van der Waals surface area contributed by atoms with Gasteiger partial charge in [0.15, 0.2) is 0 Å². The highest BCUT2D eigenvalue weighted by Crippen LogP contribution is 2.56. The van der Waals surface area contributed by atoms with Gasteiger partial charge in [-0.1, -0.05) is 34.2 Å². The zero-order valence-electron chi connectivity index (χ0n) is 17.2. The summed E-state index contributed by atoms with van der Waals surface area (Å²) in [7, 11) is -3.35. The molecule has 1 aromatic rings. The quantitative estimate of drug-likeness (QED) is 0.507. The van der Waals surface area contributed by atoms with E-state index in [1.807, 2.05) is 0 Å². The molecule has 4 aliphatic carbocycles. The predicted octanol–water partition coefficient (Wildman–Crippen LogP) is 4.14. The Labute approximate surface area is 194 Å². The van der Waals surface area contributed by atoms with E-state index >= 15 is 0 Å². The van der Waals surface area contributed by atoms with Crippen molar-refractivity contribution < 1.29 is 19.0 Å². The number of hydrogen-bond donors (Lipinski definition) is 4. The van der Waals surface area contributed by atoms with Crippen molar-refractivity contribution in [2.75, 3.05) is 23.9 Å². The Morgan fingerprint density at radius 1 is 1.13 bits per heavy atom. The molecule has 7 nitrogen and oxygen atoms in total. The van der Waals surface area contributed by atoms with Crippen LogP contribution in [0.25, 0.3) is 0 Å². The van der Waals surface area contributed by atoms with Crippen LogP contribution in [0.3, 0.4) is 0 Å². The largest absolute Gasteiger partial charge is 0.390 e. The van der Waals surface area contributed by atoms with Crippen LogP contribution in [0.1, 0.15) is 38.5 Å². The summed E-state index contributed by atoms with van der Waals surface area (Å²) in [6.45, 7) is 0.794. The van der Waals surface area contributed by atoms with E-state index in [2.05, 4.69) is 5.32 Å². The van der Waals surface area contributed by atoms with Gasteiger partial charge in [0.05, 0.1) is 27.9 Å². The summed E-state index contributed by atoms with van der Waals surface area (Å²) in [6, 6.07) is 5.01. The third-order valence-electron chi connectivity index (χ3n) is 7.49. The lowest BCUT2D eigenvalue weighted by Crippen LogP contribution is -2.62. The Balaban J connectivity index is 1.26. The van der Waals surface area contributed by atoms with Gasteiger partial charge in [-0.15, -0.1) is 0 Å². The van der Waals surface area contributed by atoms with Crippen molar-refractivity contribution in [3.63, 3.8) is 0 Å². The highest BCUT2D eigenvalue weighted by Gasteiger charge is 2.55. The average Bonchev–Trinajstić information content (AvgIpc) is 2.67. The Hall–Kier alpha value is -0.740. The van der Waals surface area contributed by atoms with Crippen LogP contribution < -0.4 is 9.62 Å². The van der Waals surface area contributed by atoms with Crippen LogP contribution in [0.5, 0.6) is 0 Å². The fraction of sp³-hybridized carbons (Fsp3) is 0.667.